The second-order valence-corrected chi connectivity index (χ2v) is 5.97. The molecule has 0 bridgehead atoms. The van der Waals surface area contributed by atoms with E-state index >= 15 is 0 Å². The van der Waals surface area contributed by atoms with Gasteiger partial charge < -0.3 is 15.0 Å². The van der Waals surface area contributed by atoms with Crippen molar-refractivity contribution in [3.63, 3.8) is 0 Å². The van der Waals surface area contributed by atoms with Crippen LogP contribution in [-0.4, -0.2) is 28.1 Å². The van der Waals surface area contributed by atoms with Crippen LogP contribution in [0.3, 0.4) is 0 Å². The van der Waals surface area contributed by atoms with E-state index in [-0.39, 0.29) is 18.1 Å². The summed E-state index contributed by atoms with van der Waals surface area (Å²) in [6.07, 6.45) is 6.84. The Labute approximate surface area is 118 Å². The average Bonchev–Trinajstić information content (AvgIpc) is 3.31. The molecule has 2 saturated carbocycles. The Bertz CT molecular complexity index is 503. The summed E-state index contributed by atoms with van der Waals surface area (Å²) in [5.74, 6) is 1.15. The van der Waals surface area contributed by atoms with Crippen LogP contribution in [0.15, 0.2) is 18.3 Å². The maximum Gasteiger partial charge on any atom is 0.352 e. The quantitative estimate of drug-likeness (QED) is 0.797. The largest absolute Gasteiger partial charge is 0.477 e. The molecule has 5 nitrogen and oxygen atoms in total. The monoisotopic (exact) mass is 276 g/mol. The van der Waals surface area contributed by atoms with Crippen molar-refractivity contribution in [3.8, 4) is 0 Å². The molecule has 0 aromatic carbocycles. The third kappa shape index (κ3) is 3.03. The van der Waals surface area contributed by atoms with Crippen molar-refractivity contribution in [3.05, 3.63) is 24.0 Å². The first-order valence-corrected chi connectivity index (χ1v) is 7.30. The van der Waals surface area contributed by atoms with Crippen LogP contribution in [0, 0.1) is 17.8 Å². The fourth-order valence-corrected chi connectivity index (χ4v) is 2.96. The van der Waals surface area contributed by atoms with Gasteiger partial charge >= 0.3 is 5.97 Å². The second-order valence-electron chi connectivity index (χ2n) is 5.97. The van der Waals surface area contributed by atoms with E-state index < -0.39 is 5.97 Å². The molecular formula is C15H20N2O3. The van der Waals surface area contributed by atoms with E-state index in [1.807, 2.05) is 0 Å². The van der Waals surface area contributed by atoms with Crippen molar-refractivity contribution in [2.75, 3.05) is 6.54 Å². The Morgan fingerprint density at radius 1 is 1.30 bits per heavy atom. The summed E-state index contributed by atoms with van der Waals surface area (Å²) in [6.45, 7) is 0.828. The number of carboxylic acids is 1. The molecule has 2 N–H and O–H groups in total. The molecule has 20 heavy (non-hydrogen) atoms. The fraction of sp³-hybridized carbons (Fsp3) is 0.600. The Kier molecular flexibility index (Phi) is 3.51. The zero-order valence-corrected chi connectivity index (χ0v) is 11.4. The first kappa shape index (κ1) is 13.2. The van der Waals surface area contributed by atoms with Gasteiger partial charge in [-0.05, 0) is 55.6 Å². The van der Waals surface area contributed by atoms with Gasteiger partial charge in [-0.25, -0.2) is 4.79 Å². The van der Waals surface area contributed by atoms with Crippen LogP contribution in [0.5, 0.6) is 0 Å². The highest BCUT2D eigenvalue weighted by Crippen LogP contribution is 2.48. The number of hydrogen-bond donors (Lipinski definition) is 2. The number of amides is 1. The van der Waals surface area contributed by atoms with Gasteiger partial charge in [0.2, 0.25) is 5.91 Å². The molecule has 2 aliphatic rings. The van der Waals surface area contributed by atoms with Gasteiger partial charge in [-0.1, -0.05) is 0 Å². The summed E-state index contributed by atoms with van der Waals surface area (Å²) in [4.78, 5) is 22.9. The van der Waals surface area contributed by atoms with Crippen LogP contribution in [0.1, 0.15) is 36.2 Å². The Balaban J connectivity index is 1.51. The molecule has 5 heteroatoms. The van der Waals surface area contributed by atoms with E-state index in [2.05, 4.69) is 5.32 Å². The summed E-state index contributed by atoms with van der Waals surface area (Å²) in [5, 5.41) is 12.0. The predicted octanol–water partition coefficient (Wildman–Crippen LogP) is 1.74. The van der Waals surface area contributed by atoms with E-state index in [0.29, 0.717) is 5.92 Å². The summed E-state index contributed by atoms with van der Waals surface area (Å²) in [6, 6.07) is 3.15. The Morgan fingerprint density at radius 2 is 1.95 bits per heavy atom. The Morgan fingerprint density at radius 3 is 2.50 bits per heavy atom. The van der Waals surface area contributed by atoms with Gasteiger partial charge in [0.1, 0.15) is 12.2 Å². The maximum atomic E-state index is 12.0. The minimum Gasteiger partial charge on any atom is -0.477 e. The van der Waals surface area contributed by atoms with Crippen LogP contribution in [0.4, 0.5) is 0 Å². The van der Waals surface area contributed by atoms with Crippen molar-refractivity contribution in [1.82, 2.24) is 9.88 Å². The van der Waals surface area contributed by atoms with Crippen LogP contribution in [0.2, 0.25) is 0 Å². The SMILES string of the molecule is O=C(Cn1cccc1C(=O)O)NCC(C1CC1)C1CC1. The number of carboxylic acid groups (broad SMARTS) is 1. The molecule has 1 amide bonds. The number of hydrogen-bond acceptors (Lipinski definition) is 2. The van der Waals surface area contributed by atoms with Gasteiger partial charge in [0, 0.05) is 12.7 Å². The van der Waals surface area contributed by atoms with Gasteiger partial charge in [-0.2, -0.15) is 0 Å². The molecule has 1 aromatic rings. The summed E-state index contributed by atoms with van der Waals surface area (Å²) in [5.41, 5.74) is 0.154. The average molecular weight is 276 g/mol. The molecule has 2 fully saturated rings. The first-order valence-electron chi connectivity index (χ1n) is 7.30. The molecule has 0 atom stereocenters. The van der Waals surface area contributed by atoms with Crippen LogP contribution < -0.4 is 5.32 Å². The minimum atomic E-state index is -1.00. The number of carbonyl (C=O) groups is 2. The van der Waals surface area contributed by atoms with Gasteiger partial charge in [0.25, 0.3) is 0 Å². The minimum absolute atomic E-state index is 0.0800. The van der Waals surface area contributed by atoms with Crippen molar-refractivity contribution in [2.45, 2.75) is 32.2 Å². The third-order valence-corrected chi connectivity index (χ3v) is 4.35. The van der Waals surface area contributed by atoms with Gasteiger partial charge in [0.15, 0.2) is 0 Å². The lowest BCUT2D eigenvalue weighted by atomic mass is 9.98. The molecule has 108 valence electrons. The normalized spacial score (nSPS) is 18.2. The molecule has 0 aliphatic heterocycles. The lowest BCUT2D eigenvalue weighted by Crippen LogP contribution is -2.34. The smallest absolute Gasteiger partial charge is 0.352 e. The topological polar surface area (TPSA) is 71.3 Å². The fourth-order valence-electron chi connectivity index (χ4n) is 2.96. The van der Waals surface area contributed by atoms with Gasteiger partial charge in [0.05, 0.1) is 0 Å². The zero-order valence-electron chi connectivity index (χ0n) is 11.4. The van der Waals surface area contributed by atoms with Crippen LogP contribution >= 0.6 is 0 Å². The molecule has 3 rings (SSSR count). The van der Waals surface area contributed by atoms with E-state index in [1.54, 1.807) is 12.3 Å². The summed E-state index contributed by atoms with van der Waals surface area (Å²) < 4.78 is 1.47. The number of aromatic carboxylic acids is 1. The number of nitrogens with zero attached hydrogens (tertiary/aromatic N) is 1. The van der Waals surface area contributed by atoms with E-state index in [4.69, 9.17) is 5.11 Å². The van der Waals surface area contributed by atoms with E-state index in [9.17, 15) is 9.59 Å². The lowest BCUT2D eigenvalue weighted by molar-refractivity contribution is -0.121. The van der Waals surface area contributed by atoms with Crippen molar-refractivity contribution in [1.29, 1.82) is 0 Å². The maximum absolute atomic E-state index is 12.0. The highest BCUT2D eigenvalue weighted by atomic mass is 16.4. The molecule has 1 heterocycles. The van der Waals surface area contributed by atoms with Gasteiger partial charge in [-0.15, -0.1) is 0 Å². The predicted molar refractivity (Wildman–Crippen MR) is 73.3 cm³/mol. The second kappa shape index (κ2) is 5.31. The summed E-state index contributed by atoms with van der Waals surface area (Å²) in [7, 11) is 0. The molecule has 0 spiro atoms. The van der Waals surface area contributed by atoms with Crippen molar-refractivity contribution >= 4 is 11.9 Å². The van der Waals surface area contributed by atoms with E-state index in [1.165, 1.54) is 36.3 Å². The molecule has 0 saturated heterocycles. The zero-order chi connectivity index (χ0) is 14.1. The Hall–Kier alpha value is -1.78. The van der Waals surface area contributed by atoms with Crippen LogP contribution in [0.25, 0.3) is 0 Å². The number of rotatable bonds is 7. The number of carbonyl (C=O) groups excluding carboxylic acids is 1. The summed E-state index contributed by atoms with van der Waals surface area (Å²) >= 11 is 0. The van der Waals surface area contributed by atoms with Crippen LogP contribution in [-0.2, 0) is 11.3 Å². The molecule has 2 aliphatic carbocycles. The first-order chi connectivity index (χ1) is 9.65. The van der Waals surface area contributed by atoms with Gasteiger partial charge in [-0.3, -0.25) is 4.79 Å². The molecule has 1 aromatic heterocycles. The highest BCUT2D eigenvalue weighted by Gasteiger charge is 2.41. The third-order valence-electron chi connectivity index (χ3n) is 4.35. The highest BCUT2D eigenvalue weighted by molar-refractivity contribution is 5.86. The molecule has 0 radical (unpaired) electrons. The standard InChI is InChI=1S/C15H20N2O3/c18-14(9-17-7-1-2-13(17)15(19)20)16-8-12(10-3-4-10)11-5-6-11/h1-2,7,10-12H,3-6,8-9H2,(H,16,18)(H,19,20). The number of nitrogens with one attached hydrogen (secondary N) is 1. The molecule has 0 unspecified atom stereocenters. The van der Waals surface area contributed by atoms with Crippen molar-refractivity contribution < 1.29 is 14.7 Å². The number of aromatic nitrogens is 1. The van der Waals surface area contributed by atoms with E-state index in [0.717, 1.165) is 18.4 Å². The van der Waals surface area contributed by atoms with Crippen molar-refractivity contribution in [2.24, 2.45) is 17.8 Å². The lowest BCUT2D eigenvalue weighted by Gasteiger charge is -2.16. The molecular weight excluding hydrogens is 256 g/mol.